The molecule has 0 aliphatic carbocycles. The number of amides is 1. The van der Waals surface area contributed by atoms with Crippen LogP contribution in [0.5, 0.6) is 0 Å². The second kappa shape index (κ2) is 5.76. The molecule has 0 N–H and O–H groups in total. The van der Waals surface area contributed by atoms with Crippen LogP contribution in [0.4, 0.5) is 0 Å². The van der Waals surface area contributed by atoms with Gasteiger partial charge in [0, 0.05) is 25.5 Å². The van der Waals surface area contributed by atoms with E-state index in [1.807, 2.05) is 30.1 Å². The van der Waals surface area contributed by atoms with Crippen molar-refractivity contribution in [3.8, 4) is 0 Å². The Kier molecular flexibility index (Phi) is 3.96. The fourth-order valence-corrected chi connectivity index (χ4v) is 3.35. The normalized spacial score (nSPS) is 20.3. The Morgan fingerprint density at radius 3 is 2.68 bits per heavy atom. The number of carbonyl (C=O) groups is 1. The van der Waals surface area contributed by atoms with Crippen molar-refractivity contribution in [2.45, 2.75) is 33.4 Å². The summed E-state index contributed by atoms with van der Waals surface area (Å²) in [6.45, 7) is 8.69. The first kappa shape index (κ1) is 15.1. The fraction of sp³-hybridized carbons (Fsp3) is 0.500. The van der Waals surface area contributed by atoms with Gasteiger partial charge in [0.2, 0.25) is 5.91 Å². The van der Waals surface area contributed by atoms with E-state index in [-0.39, 0.29) is 11.9 Å². The number of benzene rings is 1. The number of furan rings is 1. The predicted molar refractivity (Wildman–Crippen MR) is 87.6 cm³/mol. The molecule has 2 heterocycles. The number of piperazine rings is 1. The van der Waals surface area contributed by atoms with E-state index < -0.39 is 0 Å². The molecule has 0 bridgehead atoms. The Labute approximate surface area is 131 Å². The number of nitrogens with zero attached hydrogens (tertiary/aromatic N) is 2. The molecule has 1 aromatic heterocycles. The van der Waals surface area contributed by atoms with Crippen molar-refractivity contribution < 1.29 is 9.21 Å². The van der Waals surface area contributed by atoms with Crippen molar-refractivity contribution in [2.75, 3.05) is 20.1 Å². The van der Waals surface area contributed by atoms with Crippen LogP contribution in [0.25, 0.3) is 11.0 Å². The van der Waals surface area contributed by atoms with Gasteiger partial charge in [-0.15, -0.1) is 0 Å². The van der Waals surface area contributed by atoms with Gasteiger partial charge in [-0.05, 0) is 24.5 Å². The van der Waals surface area contributed by atoms with Crippen LogP contribution in [0.3, 0.4) is 0 Å². The zero-order chi connectivity index (χ0) is 15.9. The van der Waals surface area contributed by atoms with Gasteiger partial charge in [0.15, 0.2) is 0 Å². The van der Waals surface area contributed by atoms with Gasteiger partial charge in [-0.3, -0.25) is 9.69 Å². The SMILES string of the molecule is Cc1c(CN2CCN(C)C(=O)C2C(C)C)oc2ccccc12. The molecule has 118 valence electrons. The highest BCUT2D eigenvalue weighted by Gasteiger charge is 2.35. The Balaban J connectivity index is 1.89. The minimum absolute atomic E-state index is 0.0636. The zero-order valence-electron chi connectivity index (χ0n) is 13.8. The summed E-state index contributed by atoms with van der Waals surface area (Å²) in [5.41, 5.74) is 2.11. The topological polar surface area (TPSA) is 36.7 Å². The number of rotatable bonds is 3. The van der Waals surface area contributed by atoms with Gasteiger partial charge in [0.25, 0.3) is 0 Å². The number of hydrogen-bond acceptors (Lipinski definition) is 3. The number of likely N-dealkylation sites (N-methyl/N-ethyl adjacent to an activating group) is 1. The third kappa shape index (κ3) is 2.52. The molecular weight excluding hydrogens is 276 g/mol. The average Bonchev–Trinajstić information content (AvgIpc) is 2.80. The predicted octanol–water partition coefficient (Wildman–Crippen LogP) is 3.04. The summed E-state index contributed by atoms with van der Waals surface area (Å²) < 4.78 is 6.03. The molecular formula is C18H24N2O2. The maximum absolute atomic E-state index is 12.5. The molecule has 22 heavy (non-hydrogen) atoms. The lowest BCUT2D eigenvalue weighted by Gasteiger charge is -2.40. The van der Waals surface area contributed by atoms with Crippen LogP contribution >= 0.6 is 0 Å². The third-order valence-corrected chi connectivity index (χ3v) is 4.67. The number of carbonyl (C=O) groups excluding carboxylic acids is 1. The Hall–Kier alpha value is -1.81. The van der Waals surface area contributed by atoms with Crippen molar-refractivity contribution in [3.05, 3.63) is 35.6 Å². The van der Waals surface area contributed by atoms with Crippen LogP contribution in [0.15, 0.2) is 28.7 Å². The lowest BCUT2D eigenvalue weighted by Crippen LogP contribution is -2.57. The largest absolute Gasteiger partial charge is 0.459 e. The summed E-state index contributed by atoms with van der Waals surface area (Å²) in [5, 5.41) is 1.17. The molecule has 3 rings (SSSR count). The third-order valence-electron chi connectivity index (χ3n) is 4.67. The number of fused-ring (bicyclic) bond motifs is 1. The molecule has 0 spiro atoms. The van der Waals surface area contributed by atoms with Crippen LogP contribution < -0.4 is 0 Å². The molecule has 1 aromatic carbocycles. The van der Waals surface area contributed by atoms with Crippen LogP contribution in [-0.4, -0.2) is 41.9 Å². The van der Waals surface area contributed by atoms with Gasteiger partial charge in [0.1, 0.15) is 11.3 Å². The smallest absolute Gasteiger partial charge is 0.239 e. The molecule has 1 unspecified atom stereocenters. The van der Waals surface area contributed by atoms with Crippen molar-refractivity contribution in [1.29, 1.82) is 0 Å². The van der Waals surface area contributed by atoms with Crippen molar-refractivity contribution >= 4 is 16.9 Å². The lowest BCUT2D eigenvalue weighted by atomic mass is 9.98. The van der Waals surface area contributed by atoms with Gasteiger partial charge in [-0.25, -0.2) is 0 Å². The second-order valence-electron chi connectivity index (χ2n) is 6.57. The minimum Gasteiger partial charge on any atom is -0.459 e. The molecule has 4 heteroatoms. The van der Waals surface area contributed by atoms with Gasteiger partial charge in [0.05, 0.1) is 12.6 Å². The first-order chi connectivity index (χ1) is 10.5. The summed E-state index contributed by atoms with van der Waals surface area (Å²) in [5.74, 6) is 1.49. The Morgan fingerprint density at radius 1 is 1.27 bits per heavy atom. The van der Waals surface area contributed by atoms with Crippen LogP contribution in [-0.2, 0) is 11.3 Å². The minimum atomic E-state index is -0.0636. The second-order valence-corrected chi connectivity index (χ2v) is 6.57. The monoisotopic (exact) mass is 300 g/mol. The van der Waals surface area contributed by atoms with E-state index in [9.17, 15) is 4.79 Å². The van der Waals surface area contributed by atoms with E-state index >= 15 is 0 Å². The van der Waals surface area contributed by atoms with E-state index in [0.29, 0.717) is 12.5 Å². The Bertz CT molecular complexity index is 689. The van der Waals surface area contributed by atoms with Gasteiger partial charge in [-0.2, -0.15) is 0 Å². The van der Waals surface area contributed by atoms with E-state index in [4.69, 9.17) is 4.42 Å². The average molecular weight is 300 g/mol. The van der Waals surface area contributed by atoms with E-state index in [1.54, 1.807) is 0 Å². The molecule has 1 fully saturated rings. The van der Waals surface area contributed by atoms with Gasteiger partial charge >= 0.3 is 0 Å². The zero-order valence-corrected chi connectivity index (χ0v) is 13.8. The lowest BCUT2D eigenvalue weighted by molar-refractivity contribution is -0.142. The van der Waals surface area contributed by atoms with Crippen LogP contribution in [0.2, 0.25) is 0 Å². The molecule has 1 amide bonds. The molecule has 0 radical (unpaired) electrons. The van der Waals surface area contributed by atoms with E-state index in [0.717, 1.165) is 24.4 Å². The first-order valence-corrected chi connectivity index (χ1v) is 7.95. The molecule has 4 nitrogen and oxygen atoms in total. The number of para-hydroxylation sites is 1. The van der Waals surface area contributed by atoms with Crippen molar-refractivity contribution in [3.63, 3.8) is 0 Å². The molecule has 1 aliphatic heterocycles. The molecule has 1 aliphatic rings. The van der Waals surface area contributed by atoms with Crippen molar-refractivity contribution in [2.24, 2.45) is 5.92 Å². The number of hydrogen-bond donors (Lipinski definition) is 0. The quantitative estimate of drug-likeness (QED) is 0.874. The highest BCUT2D eigenvalue weighted by molar-refractivity contribution is 5.83. The van der Waals surface area contributed by atoms with E-state index in [2.05, 4.69) is 31.7 Å². The summed E-state index contributed by atoms with van der Waals surface area (Å²) in [6, 6.07) is 8.05. The highest BCUT2D eigenvalue weighted by Crippen LogP contribution is 2.28. The summed E-state index contributed by atoms with van der Waals surface area (Å²) >= 11 is 0. The standard InChI is InChI=1S/C18H24N2O2/c1-12(2)17-18(21)19(4)9-10-20(17)11-16-13(3)14-7-5-6-8-15(14)22-16/h5-8,12,17H,9-11H2,1-4H3. The van der Waals surface area contributed by atoms with Crippen molar-refractivity contribution in [1.82, 2.24) is 9.80 Å². The summed E-state index contributed by atoms with van der Waals surface area (Å²) in [6.07, 6.45) is 0. The number of aryl methyl sites for hydroxylation is 1. The fourth-order valence-electron chi connectivity index (χ4n) is 3.35. The first-order valence-electron chi connectivity index (χ1n) is 7.95. The maximum Gasteiger partial charge on any atom is 0.239 e. The van der Waals surface area contributed by atoms with E-state index in [1.165, 1.54) is 10.9 Å². The van der Waals surface area contributed by atoms with Crippen LogP contribution in [0, 0.1) is 12.8 Å². The molecule has 1 atom stereocenters. The molecule has 1 saturated heterocycles. The highest BCUT2D eigenvalue weighted by atomic mass is 16.3. The molecule has 0 saturated carbocycles. The van der Waals surface area contributed by atoms with Crippen LogP contribution in [0.1, 0.15) is 25.2 Å². The summed E-state index contributed by atoms with van der Waals surface area (Å²) in [4.78, 5) is 16.6. The maximum atomic E-state index is 12.5. The molecule has 2 aromatic rings. The summed E-state index contributed by atoms with van der Waals surface area (Å²) in [7, 11) is 1.89. The van der Waals surface area contributed by atoms with Gasteiger partial charge in [-0.1, -0.05) is 32.0 Å². The Morgan fingerprint density at radius 2 is 2.00 bits per heavy atom. The van der Waals surface area contributed by atoms with Gasteiger partial charge < -0.3 is 9.32 Å².